The van der Waals surface area contributed by atoms with Crippen LogP contribution >= 0.6 is 11.6 Å². The molecule has 2 aliphatic carbocycles. The Kier molecular flexibility index (Phi) is 5.04. The lowest BCUT2D eigenvalue weighted by atomic mass is 9.84. The van der Waals surface area contributed by atoms with Crippen molar-refractivity contribution in [3.8, 4) is 11.1 Å². The Labute approximate surface area is 169 Å². The van der Waals surface area contributed by atoms with Gasteiger partial charge in [0.1, 0.15) is 0 Å². The summed E-state index contributed by atoms with van der Waals surface area (Å²) in [7, 11) is 0. The highest BCUT2D eigenvalue weighted by Gasteiger charge is 2.42. The van der Waals surface area contributed by atoms with E-state index in [0.29, 0.717) is 33.3 Å². The van der Waals surface area contributed by atoms with Gasteiger partial charge in [0.15, 0.2) is 0 Å². The van der Waals surface area contributed by atoms with Gasteiger partial charge in [-0.2, -0.15) is 0 Å². The first-order valence-electron chi connectivity index (χ1n) is 9.93. The largest absolute Gasteiger partial charge is 0.362 e. The monoisotopic (exact) mass is 400 g/mol. The first-order chi connectivity index (χ1) is 13.3. The summed E-state index contributed by atoms with van der Waals surface area (Å²) in [5, 5.41) is 7.37. The molecular weight excluding hydrogens is 376 g/mol. The Morgan fingerprint density at radius 3 is 2.75 bits per heavy atom. The van der Waals surface area contributed by atoms with E-state index in [4.69, 9.17) is 16.1 Å². The third-order valence-corrected chi connectivity index (χ3v) is 6.93. The van der Waals surface area contributed by atoms with Gasteiger partial charge in [0.05, 0.1) is 16.3 Å². The topological polar surface area (TPSA) is 72.2 Å². The van der Waals surface area contributed by atoms with Crippen LogP contribution in [-0.2, 0) is 0 Å². The number of aryl methyl sites for hydroxylation is 1. The summed E-state index contributed by atoms with van der Waals surface area (Å²) in [6.45, 7) is 5.57. The first-order valence-corrected chi connectivity index (χ1v) is 10.3. The molecule has 2 fully saturated rings. The standard InChI is InChI=1S/C22H25ClN2O3/c1-11-20(13(3)25-28-22(11)27)16-6-7-19(23)18(10-16)21(26)24-12(2)17-9-14-4-5-15(17)8-14/h6-7,10,12,14-15,17H,4-5,8-9H2,1-3H3,(H,24,26)/t12-,14-,15-,17+/m0/s1. The Morgan fingerprint density at radius 2 is 2.07 bits per heavy atom. The zero-order valence-electron chi connectivity index (χ0n) is 16.4. The zero-order valence-corrected chi connectivity index (χ0v) is 17.2. The van der Waals surface area contributed by atoms with Gasteiger partial charge in [-0.25, -0.2) is 4.79 Å². The van der Waals surface area contributed by atoms with E-state index in [9.17, 15) is 9.59 Å². The number of nitrogens with zero attached hydrogens (tertiary/aromatic N) is 1. The maximum Gasteiger partial charge on any atom is 0.362 e. The van der Waals surface area contributed by atoms with Crippen LogP contribution in [0.3, 0.4) is 0 Å². The van der Waals surface area contributed by atoms with Gasteiger partial charge < -0.3 is 9.84 Å². The summed E-state index contributed by atoms with van der Waals surface area (Å²) in [4.78, 5) is 24.8. The molecule has 4 atom stereocenters. The van der Waals surface area contributed by atoms with E-state index < -0.39 is 5.63 Å². The van der Waals surface area contributed by atoms with E-state index in [2.05, 4.69) is 17.4 Å². The molecule has 1 aromatic heterocycles. The van der Waals surface area contributed by atoms with E-state index >= 15 is 0 Å². The van der Waals surface area contributed by atoms with Gasteiger partial charge in [-0.3, -0.25) is 4.79 Å². The van der Waals surface area contributed by atoms with E-state index in [-0.39, 0.29) is 11.9 Å². The van der Waals surface area contributed by atoms with Crippen LogP contribution in [0.1, 0.15) is 54.2 Å². The van der Waals surface area contributed by atoms with Gasteiger partial charge in [-0.15, -0.1) is 0 Å². The van der Waals surface area contributed by atoms with Crippen LogP contribution in [0.15, 0.2) is 27.5 Å². The fourth-order valence-electron chi connectivity index (χ4n) is 5.18. The number of hydrogen-bond acceptors (Lipinski definition) is 4. The van der Waals surface area contributed by atoms with Crippen LogP contribution in [0, 0.1) is 31.6 Å². The predicted octanol–water partition coefficient (Wildman–Crippen LogP) is 4.53. The number of carbonyl (C=O) groups is 1. The predicted molar refractivity (Wildman–Crippen MR) is 109 cm³/mol. The smallest absolute Gasteiger partial charge is 0.349 e. The van der Waals surface area contributed by atoms with Crippen LogP contribution in [0.25, 0.3) is 11.1 Å². The Bertz CT molecular complexity index is 984. The quantitative estimate of drug-likeness (QED) is 0.818. The second-order valence-electron chi connectivity index (χ2n) is 8.35. The lowest BCUT2D eigenvalue weighted by molar-refractivity contribution is 0.0915. The van der Waals surface area contributed by atoms with E-state index in [1.165, 1.54) is 25.7 Å². The molecule has 2 aliphatic rings. The minimum atomic E-state index is -0.480. The summed E-state index contributed by atoms with van der Waals surface area (Å²) in [6, 6.07) is 5.36. The molecule has 2 saturated carbocycles. The first kappa shape index (κ1) is 19.2. The fraction of sp³-hybridized carbons (Fsp3) is 0.500. The van der Waals surface area contributed by atoms with E-state index in [0.717, 1.165) is 17.4 Å². The second kappa shape index (κ2) is 7.36. The van der Waals surface area contributed by atoms with Gasteiger partial charge >= 0.3 is 5.63 Å². The molecule has 0 radical (unpaired) electrons. The molecule has 4 rings (SSSR count). The molecule has 1 heterocycles. The molecular formula is C22H25ClN2O3. The van der Waals surface area contributed by atoms with Crippen molar-refractivity contribution in [2.75, 3.05) is 0 Å². The molecule has 28 heavy (non-hydrogen) atoms. The molecule has 2 bridgehead atoms. The number of fused-ring (bicyclic) bond motifs is 2. The summed E-state index contributed by atoms with van der Waals surface area (Å²) in [5.41, 5.74) is 2.42. The van der Waals surface area contributed by atoms with Gasteiger partial charge in [0.2, 0.25) is 0 Å². The van der Waals surface area contributed by atoms with Crippen LogP contribution in [-0.4, -0.2) is 17.1 Å². The van der Waals surface area contributed by atoms with Crippen molar-refractivity contribution >= 4 is 17.5 Å². The number of hydrogen-bond donors (Lipinski definition) is 1. The summed E-state index contributed by atoms with van der Waals surface area (Å²) in [5.74, 6) is 1.96. The average molecular weight is 401 g/mol. The Hall–Kier alpha value is -2.14. The zero-order chi connectivity index (χ0) is 20.0. The number of carbonyl (C=O) groups excluding carboxylic acids is 1. The molecule has 1 amide bonds. The highest BCUT2D eigenvalue weighted by atomic mass is 35.5. The SMILES string of the molecule is Cc1noc(=O)c(C)c1-c1ccc(Cl)c(C(=O)N[C@@H](C)[C@H]2C[C@H]3CC[C@H]2C3)c1. The van der Waals surface area contributed by atoms with Crippen molar-refractivity contribution in [1.82, 2.24) is 10.5 Å². The number of rotatable bonds is 4. The molecule has 6 heteroatoms. The van der Waals surface area contributed by atoms with Gasteiger partial charge in [0.25, 0.3) is 5.91 Å². The number of aromatic nitrogens is 1. The molecule has 148 valence electrons. The molecule has 0 unspecified atom stereocenters. The second-order valence-corrected chi connectivity index (χ2v) is 8.76. The van der Waals surface area contributed by atoms with Crippen LogP contribution in [0.5, 0.6) is 0 Å². The normalized spacial score (nSPS) is 24.4. The van der Waals surface area contributed by atoms with Crippen LogP contribution in [0.4, 0.5) is 0 Å². The Balaban J connectivity index is 1.60. The van der Waals surface area contributed by atoms with Crippen LogP contribution < -0.4 is 10.9 Å². The third kappa shape index (κ3) is 3.37. The molecule has 1 N–H and O–H groups in total. The number of amides is 1. The average Bonchev–Trinajstić information content (AvgIpc) is 3.29. The summed E-state index contributed by atoms with van der Waals surface area (Å²) >= 11 is 6.34. The molecule has 0 spiro atoms. The molecule has 0 aliphatic heterocycles. The minimum absolute atomic E-state index is 0.122. The molecule has 0 saturated heterocycles. The highest BCUT2D eigenvalue weighted by Crippen LogP contribution is 2.49. The maximum absolute atomic E-state index is 13.0. The summed E-state index contributed by atoms with van der Waals surface area (Å²) < 4.78 is 4.78. The van der Waals surface area contributed by atoms with Crippen molar-refractivity contribution in [2.45, 2.75) is 52.5 Å². The molecule has 2 aromatic rings. The Morgan fingerprint density at radius 1 is 1.29 bits per heavy atom. The van der Waals surface area contributed by atoms with Crippen molar-refractivity contribution in [2.24, 2.45) is 17.8 Å². The minimum Gasteiger partial charge on any atom is -0.349 e. The van der Waals surface area contributed by atoms with Crippen molar-refractivity contribution in [3.63, 3.8) is 0 Å². The number of halogens is 1. The van der Waals surface area contributed by atoms with Crippen molar-refractivity contribution in [1.29, 1.82) is 0 Å². The highest BCUT2D eigenvalue weighted by molar-refractivity contribution is 6.34. The summed E-state index contributed by atoms with van der Waals surface area (Å²) in [6.07, 6.45) is 5.15. The van der Waals surface area contributed by atoms with Gasteiger partial charge in [-0.1, -0.05) is 29.2 Å². The third-order valence-electron chi connectivity index (χ3n) is 6.60. The number of nitrogens with one attached hydrogen (secondary N) is 1. The van der Waals surface area contributed by atoms with Crippen molar-refractivity contribution in [3.05, 3.63) is 50.5 Å². The van der Waals surface area contributed by atoms with Crippen molar-refractivity contribution < 1.29 is 9.32 Å². The van der Waals surface area contributed by atoms with E-state index in [1.54, 1.807) is 32.0 Å². The lowest BCUT2D eigenvalue weighted by Crippen LogP contribution is -2.40. The fourth-order valence-corrected chi connectivity index (χ4v) is 5.38. The van der Waals surface area contributed by atoms with Gasteiger partial charge in [-0.05, 0) is 75.5 Å². The molecule has 1 aromatic carbocycles. The molecule has 5 nitrogen and oxygen atoms in total. The van der Waals surface area contributed by atoms with E-state index in [1.807, 2.05) is 0 Å². The van der Waals surface area contributed by atoms with Gasteiger partial charge in [0, 0.05) is 17.2 Å². The van der Waals surface area contributed by atoms with Crippen LogP contribution in [0.2, 0.25) is 5.02 Å². The lowest BCUT2D eigenvalue weighted by Gasteiger charge is -2.28. The maximum atomic E-state index is 13.0. The number of benzene rings is 1.